The number of carbonyl (C=O) groups excluding carboxylic acids is 1. The number of amides is 1. The molecule has 3 aromatic heterocycles. The lowest BCUT2D eigenvalue weighted by molar-refractivity contribution is -0.124. The van der Waals surface area contributed by atoms with E-state index in [-0.39, 0.29) is 11.8 Å². The van der Waals surface area contributed by atoms with Gasteiger partial charge >= 0.3 is 0 Å². The number of ether oxygens (including phenoxy) is 2. The molecule has 1 amide bonds. The van der Waals surface area contributed by atoms with Gasteiger partial charge in [-0.05, 0) is 49.6 Å². The molecule has 9 heteroatoms. The fraction of sp³-hybridized carbons (Fsp3) is 0.231. The van der Waals surface area contributed by atoms with Crippen LogP contribution in [0, 0.1) is 11.8 Å². The van der Waals surface area contributed by atoms with E-state index in [9.17, 15) is 4.79 Å². The monoisotopic (exact) mass is 468 g/mol. The molecule has 4 heterocycles. The highest BCUT2D eigenvalue weighted by Crippen LogP contribution is 2.37. The molecule has 1 fully saturated rings. The zero-order chi connectivity index (χ0) is 24.4. The van der Waals surface area contributed by atoms with Crippen LogP contribution in [-0.2, 0) is 4.79 Å². The molecule has 1 saturated heterocycles. The number of benzene rings is 1. The molecule has 1 aliphatic rings. The van der Waals surface area contributed by atoms with E-state index in [1.54, 1.807) is 37.4 Å². The summed E-state index contributed by atoms with van der Waals surface area (Å²) in [5, 5.41) is 0. The van der Waals surface area contributed by atoms with E-state index < -0.39 is 0 Å². The molecule has 9 nitrogen and oxygen atoms in total. The van der Waals surface area contributed by atoms with Crippen molar-refractivity contribution in [1.29, 1.82) is 0 Å². The van der Waals surface area contributed by atoms with Crippen LogP contribution in [0.15, 0.2) is 54.9 Å². The second-order valence-electron chi connectivity index (χ2n) is 8.09. The number of fused-ring (bicyclic) bond motifs is 1. The number of imidazole rings is 1. The Hall–Kier alpha value is -4.58. The summed E-state index contributed by atoms with van der Waals surface area (Å²) in [6, 6.07) is 12.9. The molecule has 35 heavy (non-hydrogen) atoms. The maximum atomic E-state index is 12.3. The van der Waals surface area contributed by atoms with Crippen LogP contribution in [0.25, 0.3) is 16.9 Å². The third kappa shape index (κ3) is 4.22. The predicted octanol–water partition coefficient (Wildman–Crippen LogP) is 3.51. The SMILES string of the molecule is CC#CC(=O)N1CCC(c2nc(-c3ccc(Oc4ccccn4)c(OC)c3)n3c(N)nccc23)C1. The topological polar surface area (TPSA) is 108 Å². The molecular weight excluding hydrogens is 444 g/mol. The van der Waals surface area contributed by atoms with Gasteiger partial charge in [0.15, 0.2) is 11.5 Å². The summed E-state index contributed by atoms with van der Waals surface area (Å²) in [6.45, 7) is 2.86. The Morgan fingerprint density at radius 2 is 2.03 bits per heavy atom. The number of rotatable bonds is 5. The van der Waals surface area contributed by atoms with E-state index >= 15 is 0 Å². The van der Waals surface area contributed by atoms with Crippen molar-refractivity contribution < 1.29 is 14.3 Å². The molecule has 176 valence electrons. The number of hydrogen-bond donors (Lipinski definition) is 1. The van der Waals surface area contributed by atoms with E-state index in [1.165, 1.54) is 0 Å². The van der Waals surface area contributed by atoms with Gasteiger partial charge in [0.05, 0.1) is 18.3 Å². The number of aromatic nitrogens is 4. The highest BCUT2D eigenvalue weighted by atomic mass is 16.5. The quantitative estimate of drug-likeness (QED) is 0.447. The first-order valence-electron chi connectivity index (χ1n) is 11.2. The molecule has 0 bridgehead atoms. The normalized spacial score (nSPS) is 15.0. The van der Waals surface area contributed by atoms with Gasteiger partial charge in [0.2, 0.25) is 11.8 Å². The first-order chi connectivity index (χ1) is 17.1. The van der Waals surface area contributed by atoms with Crippen LogP contribution in [0.1, 0.15) is 25.0 Å². The van der Waals surface area contributed by atoms with Gasteiger partial charge in [0.1, 0.15) is 5.82 Å². The summed E-state index contributed by atoms with van der Waals surface area (Å²) in [5.41, 5.74) is 8.82. The fourth-order valence-corrected chi connectivity index (χ4v) is 4.34. The van der Waals surface area contributed by atoms with Crippen LogP contribution in [0.3, 0.4) is 0 Å². The average Bonchev–Trinajstić information content (AvgIpc) is 3.51. The van der Waals surface area contributed by atoms with Crippen LogP contribution in [0.4, 0.5) is 5.95 Å². The van der Waals surface area contributed by atoms with Gasteiger partial charge in [-0.15, -0.1) is 0 Å². The number of carbonyl (C=O) groups is 1. The Bertz CT molecular complexity index is 1450. The summed E-state index contributed by atoms with van der Waals surface area (Å²) >= 11 is 0. The molecule has 1 aromatic carbocycles. The molecule has 1 atom stereocenters. The lowest BCUT2D eigenvalue weighted by atomic mass is 10.0. The van der Waals surface area contributed by atoms with Crippen molar-refractivity contribution in [2.24, 2.45) is 0 Å². The minimum absolute atomic E-state index is 0.0665. The first-order valence-corrected chi connectivity index (χ1v) is 11.2. The highest BCUT2D eigenvalue weighted by Gasteiger charge is 2.31. The van der Waals surface area contributed by atoms with Crippen molar-refractivity contribution in [1.82, 2.24) is 24.3 Å². The number of hydrogen-bond acceptors (Lipinski definition) is 7. The highest BCUT2D eigenvalue weighted by molar-refractivity contribution is 5.93. The lowest BCUT2D eigenvalue weighted by Gasteiger charge is -2.12. The van der Waals surface area contributed by atoms with Gasteiger partial charge in [-0.1, -0.05) is 12.0 Å². The smallest absolute Gasteiger partial charge is 0.298 e. The molecule has 1 unspecified atom stereocenters. The van der Waals surface area contributed by atoms with E-state index in [0.717, 1.165) is 23.2 Å². The maximum Gasteiger partial charge on any atom is 0.298 e. The molecule has 0 spiro atoms. The lowest BCUT2D eigenvalue weighted by Crippen LogP contribution is -2.26. The van der Waals surface area contributed by atoms with Gasteiger partial charge in [-0.25, -0.2) is 15.0 Å². The maximum absolute atomic E-state index is 12.3. The van der Waals surface area contributed by atoms with Crippen LogP contribution < -0.4 is 15.2 Å². The van der Waals surface area contributed by atoms with Crippen molar-refractivity contribution in [3.8, 4) is 40.6 Å². The van der Waals surface area contributed by atoms with Crippen LogP contribution in [0.2, 0.25) is 0 Å². The van der Waals surface area contributed by atoms with Crippen molar-refractivity contribution in [3.05, 3.63) is 60.6 Å². The van der Waals surface area contributed by atoms with E-state index in [2.05, 4.69) is 21.8 Å². The minimum Gasteiger partial charge on any atom is -0.493 e. The summed E-state index contributed by atoms with van der Waals surface area (Å²) in [7, 11) is 1.58. The second-order valence-corrected chi connectivity index (χ2v) is 8.09. The standard InChI is InChI=1S/C26H24N6O3/c1-3-6-23(33)31-14-11-18(16-31)24-19-10-13-29-26(27)32(19)25(30-24)17-8-9-20(21(15-17)34-2)35-22-7-4-5-12-28-22/h4-5,7-10,12-13,15,18H,11,14,16H2,1-2H3,(H2,27,29). The van der Waals surface area contributed by atoms with Crippen LogP contribution in [-0.4, -0.2) is 50.4 Å². The molecule has 1 aliphatic heterocycles. The molecule has 2 N–H and O–H groups in total. The molecule has 0 radical (unpaired) electrons. The summed E-state index contributed by atoms with van der Waals surface area (Å²) in [6.07, 6.45) is 4.13. The van der Waals surface area contributed by atoms with Crippen molar-refractivity contribution >= 4 is 17.4 Å². The first kappa shape index (κ1) is 22.2. The zero-order valence-corrected chi connectivity index (χ0v) is 19.4. The molecule has 0 aliphatic carbocycles. The third-order valence-electron chi connectivity index (χ3n) is 5.98. The average molecular weight is 469 g/mol. The summed E-state index contributed by atoms with van der Waals surface area (Å²) in [5.74, 6) is 7.71. The Morgan fingerprint density at radius 3 is 2.80 bits per heavy atom. The summed E-state index contributed by atoms with van der Waals surface area (Å²) in [4.78, 5) is 27.5. The van der Waals surface area contributed by atoms with Gasteiger partial charge in [0, 0.05) is 43.0 Å². The number of nitrogens with two attached hydrogens (primary N) is 1. The second kappa shape index (κ2) is 9.35. The minimum atomic E-state index is -0.159. The summed E-state index contributed by atoms with van der Waals surface area (Å²) < 4.78 is 13.3. The van der Waals surface area contributed by atoms with E-state index in [4.69, 9.17) is 20.2 Å². The Balaban J connectivity index is 1.54. The Kier molecular flexibility index (Phi) is 5.94. The number of methoxy groups -OCH3 is 1. The fourth-order valence-electron chi connectivity index (χ4n) is 4.34. The van der Waals surface area contributed by atoms with Gasteiger partial charge in [-0.2, -0.15) is 0 Å². The van der Waals surface area contributed by atoms with Crippen LogP contribution >= 0.6 is 0 Å². The van der Waals surface area contributed by atoms with Gasteiger partial charge in [-0.3, -0.25) is 9.20 Å². The number of pyridine rings is 1. The van der Waals surface area contributed by atoms with E-state index in [0.29, 0.717) is 42.2 Å². The van der Waals surface area contributed by atoms with Crippen molar-refractivity contribution in [2.75, 3.05) is 25.9 Å². The molecular formula is C26H24N6O3. The Morgan fingerprint density at radius 1 is 1.14 bits per heavy atom. The van der Waals surface area contributed by atoms with Gasteiger partial charge in [0.25, 0.3) is 5.91 Å². The van der Waals surface area contributed by atoms with Crippen molar-refractivity contribution in [3.63, 3.8) is 0 Å². The van der Waals surface area contributed by atoms with E-state index in [1.807, 2.05) is 40.8 Å². The molecule has 0 saturated carbocycles. The number of nitrogens with zero attached hydrogens (tertiary/aromatic N) is 5. The largest absolute Gasteiger partial charge is 0.493 e. The molecule has 4 aromatic rings. The Labute approximate surface area is 202 Å². The number of nitrogen functional groups attached to an aromatic ring is 1. The van der Waals surface area contributed by atoms with Crippen molar-refractivity contribution in [2.45, 2.75) is 19.3 Å². The van der Waals surface area contributed by atoms with Crippen LogP contribution in [0.5, 0.6) is 17.4 Å². The predicted molar refractivity (Wildman–Crippen MR) is 131 cm³/mol. The number of anilines is 1. The van der Waals surface area contributed by atoms with Gasteiger partial charge < -0.3 is 20.1 Å². The number of likely N-dealkylation sites (tertiary alicyclic amines) is 1. The zero-order valence-electron chi connectivity index (χ0n) is 19.4. The third-order valence-corrected chi connectivity index (χ3v) is 5.98. The molecule has 5 rings (SSSR count).